The maximum Gasteiger partial charge on any atom is 0.241 e. The molecule has 1 unspecified atom stereocenters. The molecule has 6 heteroatoms. The minimum Gasteiger partial charge on any atom is -0.320 e. The van der Waals surface area contributed by atoms with Gasteiger partial charge in [0.15, 0.2) is 0 Å². The van der Waals surface area contributed by atoms with E-state index in [9.17, 15) is 8.42 Å². The van der Waals surface area contributed by atoms with E-state index in [1.165, 1.54) is 0 Å². The van der Waals surface area contributed by atoms with Crippen LogP contribution in [0.25, 0.3) is 0 Å². The summed E-state index contributed by atoms with van der Waals surface area (Å²) in [6, 6.07) is 3.78. The zero-order chi connectivity index (χ0) is 15.3. The van der Waals surface area contributed by atoms with E-state index in [1.807, 2.05) is 32.9 Å². The maximum absolute atomic E-state index is 12.3. The molecule has 1 atom stereocenters. The SMILES string of the molecule is Cc1cc(C)c(S(=O)(=O)NCCCCC(N)S)c(C)c1. The molecule has 0 aliphatic rings. The number of rotatable bonds is 7. The van der Waals surface area contributed by atoms with Gasteiger partial charge in [-0.25, -0.2) is 13.1 Å². The molecule has 0 saturated heterocycles. The van der Waals surface area contributed by atoms with E-state index in [4.69, 9.17) is 5.73 Å². The molecule has 1 aromatic rings. The number of nitrogens with two attached hydrogens (primary N) is 1. The average molecular weight is 316 g/mol. The van der Waals surface area contributed by atoms with Gasteiger partial charge in [0.25, 0.3) is 0 Å². The number of thiol groups is 1. The first-order chi connectivity index (χ1) is 9.24. The molecule has 0 spiro atoms. The summed E-state index contributed by atoms with van der Waals surface area (Å²) in [5, 5.41) is -0.131. The van der Waals surface area contributed by atoms with Gasteiger partial charge in [-0.1, -0.05) is 17.7 Å². The van der Waals surface area contributed by atoms with Gasteiger partial charge in [-0.2, -0.15) is 12.6 Å². The van der Waals surface area contributed by atoms with Gasteiger partial charge >= 0.3 is 0 Å². The lowest BCUT2D eigenvalue weighted by Crippen LogP contribution is -2.26. The lowest BCUT2D eigenvalue weighted by Gasteiger charge is -2.13. The Kier molecular flexibility index (Phi) is 6.51. The summed E-state index contributed by atoms with van der Waals surface area (Å²) in [6.07, 6.45) is 2.41. The Labute approximate surface area is 127 Å². The summed E-state index contributed by atoms with van der Waals surface area (Å²) in [4.78, 5) is 0.397. The van der Waals surface area contributed by atoms with Crippen molar-refractivity contribution < 1.29 is 8.42 Å². The van der Waals surface area contributed by atoms with Gasteiger partial charge in [-0.3, -0.25) is 0 Å². The lowest BCUT2D eigenvalue weighted by atomic mass is 10.1. The number of unbranched alkanes of at least 4 members (excludes halogenated alkanes) is 1. The highest BCUT2D eigenvalue weighted by Crippen LogP contribution is 2.21. The molecule has 0 aliphatic carbocycles. The van der Waals surface area contributed by atoms with Crippen LogP contribution in [-0.2, 0) is 10.0 Å². The van der Waals surface area contributed by atoms with Gasteiger partial charge in [0.2, 0.25) is 10.0 Å². The van der Waals surface area contributed by atoms with Crippen molar-refractivity contribution >= 4 is 22.7 Å². The van der Waals surface area contributed by atoms with Crippen molar-refractivity contribution in [1.82, 2.24) is 4.72 Å². The topological polar surface area (TPSA) is 72.2 Å². The zero-order valence-electron chi connectivity index (χ0n) is 12.3. The monoisotopic (exact) mass is 316 g/mol. The summed E-state index contributed by atoms with van der Waals surface area (Å²) in [5.74, 6) is 0. The van der Waals surface area contributed by atoms with E-state index in [2.05, 4.69) is 17.4 Å². The second kappa shape index (κ2) is 7.45. The maximum atomic E-state index is 12.3. The molecule has 4 nitrogen and oxygen atoms in total. The van der Waals surface area contributed by atoms with Gasteiger partial charge in [0, 0.05) is 11.9 Å². The highest BCUT2D eigenvalue weighted by atomic mass is 32.2. The molecule has 0 radical (unpaired) electrons. The van der Waals surface area contributed by atoms with E-state index >= 15 is 0 Å². The highest BCUT2D eigenvalue weighted by Gasteiger charge is 2.19. The molecule has 0 heterocycles. The van der Waals surface area contributed by atoms with Crippen LogP contribution in [0.3, 0.4) is 0 Å². The van der Waals surface area contributed by atoms with E-state index in [1.54, 1.807) is 0 Å². The van der Waals surface area contributed by atoms with Crippen molar-refractivity contribution in [2.75, 3.05) is 6.54 Å². The minimum absolute atomic E-state index is 0.131. The number of benzene rings is 1. The van der Waals surface area contributed by atoms with Crippen LogP contribution in [-0.4, -0.2) is 20.3 Å². The molecule has 0 saturated carbocycles. The van der Waals surface area contributed by atoms with Crippen molar-refractivity contribution in [3.63, 3.8) is 0 Å². The Morgan fingerprint density at radius 2 is 1.75 bits per heavy atom. The molecular formula is C14H24N2O2S2. The summed E-state index contributed by atoms with van der Waals surface area (Å²) in [7, 11) is -3.44. The first kappa shape index (κ1) is 17.5. The number of sulfonamides is 1. The van der Waals surface area contributed by atoms with Crippen LogP contribution in [0.15, 0.2) is 17.0 Å². The van der Waals surface area contributed by atoms with Crippen LogP contribution in [0.1, 0.15) is 36.0 Å². The third-order valence-electron chi connectivity index (χ3n) is 3.09. The van der Waals surface area contributed by atoms with Gasteiger partial charge < -0.3 is 5.73 Å². The fourth-order valence-electron chi connectivity index (χ4n) is 2.35. The second-order valence-corrected chi connectivity index (χ2v) is 7.56. The third kappa shape index (κ3) is 5.09. The van der Waals surface area contributed by atoms with Crippen molar-refractivity contribution in [3.8, 4) is 0 Å². The van der Waals surface area contributed by atoms with Gasteiger partial charge in [0.05, 0.1) is 4.90 Å². The molecule has 1 rings (SSSR count). The number of hydrogen-bond acceptors (Lipinski definition) is 4. The summed E-state index contributed by atoms with van der Waals surface area (Å²) >= 11 is 4.09. The molecule has 0 bridgehead atoms. The molecule has 20 heavy (non-hydrogen) atoms. The highest BCUT2D eigenvalue weighted by molar-refractivity contribution is 7.89. The molecule has 0 amide bonds. The molecule has 0 aromatic heterocycles. The Morgan fingerprint density at radius 3 is 2.25 bits per heavy atom. The van der Waals surface area contributed by atoms with E-state index < -0.39 is 10.0 Å². The van der Waals surface area contributed by atoms with Crippen LogP contribution in [0.5, 0.6) is 0 Å². The smallest absolute Gasteiger partial charge is 0.241 e. The quantitative estimate of drug-likeness (QED) is 0.410. The summed E-state index contributed by atoms with van der Waals surface area (Å²) in [6.45, 7) is 6.04. The van der Waals surface area contributed by atoms with E-state index in [-0.39, 0.29) is 5.37 Å². The second-order valence-electron chi connectivity index (χ2n) is 5.19. The van der Waals surface area contributed by atoms with Crippen molar-refractivity contribution in [1.29, 1.82) is 0 Å². The van der Waals surface area contributed by atoms with Crippen LogP contribution < -0.4 is 10.5 Å². The fraction of sp³-hybridized carbons (Fsp3) is 0.571. The van der Waals surface area contributed by atoms with Crippen LogP contribution in [0, 0.1) is 20.8 Å². The van der Waals surface area contributed by atoms with Gasteiger partial charge in [-0.05, 0) is 51.2 Å². The molecule has 114 valence electrons. The minimum atomic E-state index is -3.44. The van der Waals surface area contributed by atoms with Crippen LogP contribution in [0.2, 0.25) is 0 Å². The summed E-state index contributed by atoms with van der Waals surface area (Å²) in [5.41, 5.74) is 8.17. The first-order valence-electron chi connectivity index (χ1n) is 6.75. The molecule has 1 aromatic carbocycles. The number of hydrogen-bond donors (Lipinski definition) is 3. The molecule has 0 fully saturated rings. The zero-order valence-corrected chi connectivity index (χ0v) is 14.0. The average Bonchev–Trinajstić information content (AvgIpc) is 2.25. The van der Waals surface area contributed by atoms with Crippen LogP contribution in [0.4, 0.5) is 0 Å². The molecular weight excluding hydrogens is 292 g/mol. The largest absolute Gasteiger partial charge is 0.320 e. The third-order valence-corrected chi connectivity index (χ3v) is 5.12. The first-order valence-corrected chi connectivity index (χ1v) is 8.75. The van der Waals surface area contributed by atoms with Crippen molar-refractivity contribution in [3.05, 3.63) is 28.8 Å². The number of nitrogens with one attached hydrogen (secondary N) is 1. The van der Waals surface area contributed by atoms with Gasteiger partial charge in [0.1, 0.15) is 0 Å². The van der Waals surface area contributed by atoms with E-state index in [0.29, 0.717) is 11.4 Å². The number of aryl methyl sites for hydroxylation is 3. The van der Waals surface area contributed by atoms with Gasteiger partial charge in [-0.15, -0.1) is 0 Å². The predicted octanol–water partition coefficient (Wildman–Crippen LogP) is 2.28. The Balaban J connectivity index is 2.70. The van der Waals surface area contributed by atoms with Crippen molar-refractivity contribution in [2.24, 2.45) is 5.73 Å². The Hall–Kier alpha value is -0.560. The molecule has 3 N–H and O–H groups in total. The fourth-order valence-corrected chi connectivity index (χ4v) is 4.05. The normalized spacial score (nSPS) is 13.4. The summed E-state index contributed by atoms with van der Waals surface area (Å²) < 4.78 is 27.3. The Morgan fingerprint density at radius 1 is 1.20 bits per heavy atom. The Bertz CT molecular complexity index is 531. The molecule has 0 aliphatic heterocycles. The van der Waals surface area contributed by atoms with Crippen molar-refractivity contribution in [2.45, 2.75) is 50.3 Å². The van der Waals surface area contributed by atoms with E-state index in [0.717, 1.165) is 36.0 Å². The standard InChI is InChI=1S/C14H24N2O2S2/c1-10-8-11(2)14(12(3)9-10)20(17,18)16-7-5-4-6-13(15)19/h8-9,13,16,19H,4-7,15H2,1-3H3. The lowest BCUT2D eigenvalue weighted by molar-refractivity contribution is 0.572. The van der Waals surface area contributed by atoms with Crippen LogP contribution >= 0.6 is 12.6 Å². The predicted molar refractivity (Wildman–Crippen MR) is 86.7 cm³/mol.